The molecule has 0 atom stereocenters. The standard InChI is InChI=1S/C21H16O2/c1-2-8-15(9-3-1)21-14-18(16-10-4-6-12-19(16)22-21)17-11-5-7-13-20(17)23-21/h1-13,18H,14H2. The number of benzene rings is 3. The fourth-order valence-corrected chi connectivity index (χ4v) is 3.77. The molecule has 112 valence electrons. The number of rotatable bonds is 1. The largest absolute Gasteiger partial charge is 0.448 e. The van der Waals surface area contributed by atoms with Crippen LogP contribution in [0.4, 0.5) is 0 Å². The Labute approximate surface area is 135 Å². The van der Waals surface area contributed by atoms with E-state index in [2.05, 4.69) is 36.4 Å². The summed E-state index contributed by atoms with van der Waals surface area (Å²) in [6.45, 7) is 0. The number of para-hydroxylation sites is 2. The number of hydrogen-bond donors (Lipinski definition) is 0. The van der Waals surface area contributed by atoms with Crippen LogP contribution in [-0.4, -0.2) is 0 Å². The third-order valence-electron chi connectivity index (χ3n) is 4.82. The van der Waals surface area contributed by atoms with Crippen LogP contribution in [0.3, 0.4) is 0 Å². The minimum atomic E-state index is -0.741. The van der Waals surface area contributed by atoms with Crippen LogP contribution in [-0.2, 0) is 5.79 Å². The normalized spacial score (nSPS) is 23.9. The Bertz CT molecular complexity index is 820. The fraction of sp³-hybridized carbons (Fsp3) is 0.143. The molecule has 0 amide bonds. The Morgan fingerprint density at radius 2 is 1.17 bits per heavy atom. The van der Waals surface area contributed by atoms with Crippen molar-refractivity contribution in [2.24, 2.45) is 0 Å². The van der Waals surface area contributed by atoms with Gasteiger partial charge in [0.1, 0.15) is 11.5 Å². The maximum absolute atomic E-state index is 6.41. The Hall–Kier alpha value is -2.74. The summed E-state index contributed by atoms with van der Waals surface area (Å²) < 4.78 is 12.8. The van der Waals surface area contributed by atoms with Crippen molar-refractivity contribution in [1.82, 2.24) is 0 Å². The van der Waals surface area contributed by atoms with Crippen molar-refractivity contribution in [2.75, 3.05) is 0 Å². The molecular weight excluding hydrogens is 284 g/mol. The van der Waals surface area contributed by atoms with Gasteiger partial charge < -0.3 is 9.47 Å². The molecule has 2 aliphatic rings. The summed E-state index contributed by atoms with van der Waals surface area (Å²) in [6, 6.07) is 26.9. The van der Waals surface area contributed by atoms with Crippen LogP contribution in [0.15, 0.2) is 78.9 Å². The molecule has 2 nitrogen and oxygen atoms in total. The smallest absolute Gasteiger partial charge is 0.278 e. The zero-order valence-corrected chi connectivity index (χ0v) is 12.6. The summed E-state index contributed by atoms with van der Waals surface area (Å²) in [5.74, 6) is 1.39. The second kappa shape index (κ2) is 4.63. The first kappa shape index (κ1) is 12.8. The van der Waals surface area contributed by atoms with E-state index in [9.17, 15) is 0 Å². The maximum Gasteiger partial charge on any atom is 0.278 e. The van der Waals surface area contributed by atoms with Crippen LogP contribution in [0.2, 0.25) is 0 Å². The van der Waals surface area contributed by atoms with Crippen molar-refractivity contribution in [3.63, 3.8) is 0 Å². The van der Waals surface area contributed by atoms with Crippen molar-refractivity contribution in [3.05, 3.63) is 95.6 Å². The fourth-order valence-electron chi connectivity index (χ4n) is 3.77. The lowest BCUT2D eigenvalue weighted by Crippen LogP contribution is -2.46. The van der Waals surface area contributed by atoms with Crippen LogP contribution in [0.5, 0.6) is 11.5 Å². The minimum absolute atomic E-state index is 0.296. The molecular formula is C21H16O2. The molecule has 0 spiro atoms. The van der Waals surface area contributed by atoms with Gasteiger partial charge in [0.05, 0.1) is 0 Å². The van der Waals surface area contributed by atoms with E-state index in [4.69, 9.17) is 9.47 Å². The summed E-state index contributed by atoms with van der Waals surface area (Å²) in [5, 5.41) is 0. The molecule has 2 heteroatoms. The molecule has 0 aliphatic carbocycles. The van der Waals surface area contributed by atoms with Gasteiger partial charge in [0.25, 0.3) is 5.79 Å². The quantitative estimate of drug-likeness (QED) is 0.640. The van der Waals surface area contributed by atoms with E-state index in [0.29, 0.717) is 5.92 Å². The van der Waals surface area contributed by atoms with Gasteiger partial charge in [-0.15, -0.1) is 0 Å². The topological polar surface area (TPSA) is 18.5 Å². The first-order valence-corrected chi connectivity index (χ1v) is 7.97. The molecule has 2 aliphatic heterocycles. The highest BCUT2D eigenvalue weighted by molar-refractivity contribution is 5.52. The van der Waals surface area contributed by atoms with Crippen LogP contribution >= 0.6 is 0 Å². The van der Waals surface area contributed by atoms with E-state index in [0.717, 1.165) is 23.5 Å². The van der Waals surface area contributed by atoms with Crippen LogP contribution in [0.25, 0.3) is 0 Å². The SMILES string of the molecule is c1ccc(C23CC(c4ccccc4O2)c2ccccc2O3)cc1. The highest BCUT2D eigenvalue weighted by atomic mass is 16.7. The average Bonchev–Trinajstić information content (AvgIpc) is 2.62. The molecule has 0 N–H and O–H groups in total. The second-order valence-electron chi connectivity index (χ2n) is 6.16. The molecule has 0 unspecified atom stereocenters. The van der Waals surface area contributed by atoms with Gasteiger partial charge in [-0.25, -0.2) is 0 Å². The molecule has 0 fully saturated rings. The zero-order valence-electron chi connectivity index (χ0n) is 12.6. The van der Waals surface area contributed by atoms with Gasteiger partial charge in [-0.2, -0.15) is 0 Å². The number of fused-ring (bicyclic) bond motifs is 6. The molecule has 0 saturated heterocycles. The number of ether oxygens (including phenoxy) is 2. The molecule has 5 rings (SSSR count). The van der Waals surface area contributed by atoms with E-state index in [1.165, 1.54) is 11.1 Å². The highest BCUT2D eigenvalue weighted by Crippen LogP contribution is 2.54. The molecule has 0 radical (unpaired) electrons. The van der Waals surface area contributed by atoms with E-state index in [1.807, 2.05) is 42.5 Å². The monoisotopic (exact) mass is 300 g/mol. The lowest BCUT2D eigenvalue weighted by molar-refractivity contribution is -0.148. The minimum Gasteiger partial charge on any atom is -0.448 e. The molecule has 3 aromatic carbocycles. The Balaban J connectivity index is 1.77. The summed E-state index contributed by atoms with van der Waals surface area (Å²) >= 11 is 0. The van der Waals surface area contributed by atoms with Gasteiger partial charge in [-0.05, 0) is 12.1 Å². The van der Waals surface area contributed by atoms with Gasteiger partial charge in [-0.1, -0.05) is 66.7 Å². The van der Waals surface area contributed by atoms with Crippen molar-refractivity contribution in [3.8, 4) is 11.5 Å². The summed E-state index contributed by atoms with van der Waals surface area (Å²) in [6.07, 6.45) is 0.797. The van der Waals surface area contributed by atoms with Crippen molar-refractivity contribution >= 4 is 0 Å². The maximum atomic E-state index is 6.41. The first-order chi connectivity index (χ1) is 11.4. The molecule has 23 heavy (non-hydrogen) atoms. The summed E-state index contributed by atoms with van der Waals surface area (Å²) in [5.41, 5.74) is 3.55. The second-order valence-corrected chi connectivity index (χ2v) is 6.16. The number of hydrogen-bond acceptors (Lipinski definition) is 2. The highest BCUT2D eigenvalue weighted by Gasteiger charge is 2.49. The lowest BCUT2D eigenvalue weighted by Gasteiger charge is -2.46. The van der Waals surface area contributed by atoms with Gasteiger partial charge >= 0.3 is 0 Å². The zero-order chi connectivity index (χ0) is 15.3. The van der Waals surface area contributed by atoms with Crippen molar-refractivity contribution in [1.29, 1.82) is 0 Å². The van der Waals surface area contributed by atoms with E-state index >= 15 is 0 Å². The van der Waals surface area contributed by atoms with E-state index in [-0.39, 0.29) is 0 Å². The molecule has 0 aromatic heterocycles. The van der Waals surface area contributed by atoms with Crippen LogP contribution in [0.1, 0.15) is 29.0 Å². The van der Waals surface area contributed by atoms with Crippen LogP contribution < -0.4 is 9.47 Å². The average molecular weight is 300 g/mol. The molecule has 2 heterocycles. The summed E-state index contributed by atoms with van der Waals surface area (Å²) in [4.78, 5) is 0. The van der Waals surface area contributed by atoms with Gasteiger partial charge in [0.15, 0.2) is 0 Å². The predicted octanol–water partition coefficient (Wildman–Crippen LogP) is 4.85. The molecule has 2 bridgehead atoms. The lowest BCUT2D eigenvalue weighted by atomic mass is 9.78. The van der Waals surface area contributed by atoms with Gasteiger partial charge in [0, 0.05) is 29.0 Å². The first-order valence-electron chi connectivity index (χ1n) is 7.97. The van der Waals surface area contributed by atoms with Crippen LogP contribution in [0, 0.1) is 0 Å². The van der Waals surface area contributed by atoms with Gasteiger partial charge in [-0.3, -0.25) is 0 Å². The molecule has 3 aromatic rings. The van der Waals surface area contributed by atoms with Crippen molar-refractivity contribution in [2.45, 2.75) is 18.1 Å². The molecule has 0 saturated carbocycles. The third-order valence-corrected chi connectivity index (χ3v) is 4.82. The Kier molecular flexibility index (Phi) is 2.57. The van der Waals surface area contributed by atoms with Crippen molar-refractivity contribution < 1.29 is 9.47 Å². The van der Waals surface area contributed by atoms with E-state index in [1.54, 1.807) is 0 Å². The Morgan fingerprint density at radius 1 is 0.652 bits per heavy atom. The van der Waals surface area contributed by atoms with E-state index < -0.39 is 5.79 Å². The Morgan fingerprint density at radius 3 is 1.78 bits per heavy atom. The third kappa shape index (κ3) is 1.81. The van der Waals surface area contributed by atoms with Gasteiger partial charge in [0.2, 0.25) is 0 Å². The summed E-state index contributed by atoms with van der Waals surface area (Å²) in [7, 11) is 0. The predicted molar refractivity (Wildman–Crippen MR) is 88.7 cm³/mol.